The summed E-state index contributed by atoms with van der Waals surface area (Å²) in [5.74, 6) is 1.90. The first-order valence-corrected chi connectivity index (χ1v) is 7.14. The van der Waals surface area contributed by atoms with Crippen LogP contribution < -0.4 is 15.2 Å². The second-order valence-corrected chi connectivity index (χ2v) is 4.70. The molecule has 0 saturated heterocycles. The summed E-state index contributed by atoms with van der Waals surface area (Å²) in [6.07, 6.45) is 1.46. The zero-order chi connectivity index (χ0) is 15.1. The number of nitrogens with two attached hydrogens (primary N) is 1. The van der Waals surface area contributed by atoms with Crippen molar-refractivity contribution in [1.29, 1.82) is 0 Å². The van der Waals surface area contributed by atoms with Crippen LogP contribution in [-0.2, 0) is 6.42 Å². The van der Waals surface area contributed by atoms with Gasteiger partial charge in [0.15, 0.2) is 5.75 Å². The van der Waals surface area contributed by atoms with Crippen molar-refractivity contribution in [3.05, 3.63) is 48.0 Å². The summed E-state index contributed by atoms with van der Waals surface area (Å²) in [5, 5.41) is 9.11. The average molecular weight is 287 g/mol. The van der Waals surface area contributed by atoms with Crippen molar-refractivity contribution in [3.8, 4) is 17.2 Å². The highest BCUT2D eigenvalue weighted by atomic mass is 16.5. The molecule has 4 nitrogen and oxygen atoms in total. The lowest BCUT2D eigenvalue weighted by Crippen LogP contribution is -2.01. The lowest BCUT2D eigenvalue weighted by Gasteiger charge is -2.14. The summed E-state index contributed by atoms with van der Waals surface area (Å²) in [7, 11) is 0. The highest BCUT2D eigenvalue weighted by Gasteiger charge is 2.10. The minimum Gasteiger partial charge on any atom is -0.491 e. The first-order valence-electron chi connectivity index (χ1n) is 7.14. The molecule has 0 saturated carbocycles. The largest absolute Gasteiger partial charge is 0.491 e. The molecular weight excluding hydrogens is 266 g/mol. The molecule has 2 aromatic rings. The van der Waals surface area contributed by atoms with Gasteiger partial charge in [-0.1, -0.05) is 31.2 Å². The van der Waals surface area contributed by atoms with Crippen molar-refractivity contribution in [3.63, 3.8) is 0 Å². The van der Waals surface area contributed by atoms with Gasteiger partial charge in [-0.05, 0) is 36.6 Å². The van der Waals surface area contributed by atoms with Crippen LogP contribution in [0.5, 0.6) is 17.2 Å². The number of nitrogen functional groups attached to an aromatic ring is 1. The lowest BCUT2D eigenvalue weighted by atomic mass is 10.1. The molecule has 4 heteroatoms. The molecular formula is C17H21NO3. The third kappa shape index (κ3) is 3.89. The number of ether oxygens (including phenoxy) is 2. The van der Waals surface area contributed by atoms with Crippen molar-refractivity contribution >= 4 is 5.69 Å². The predicted octanol–water partition coefficient (Wildman–Crippen LogP) is 3.38. The zero-order valence-corrected chi connectivity index (χ0v) is 12.2. The number of para-hydroxylation sites is 2. The summed E-state index contributed by atoms with van der Waals surface area (Å²) >= 11 is 0. The molecule has 3 N–H and O–H groups in total. The molecule has 0 bridgehead atoms. The Kier molecular flexibility index (Phi) is 5.46. The number of aliphatic hydroxyl groups is 1. The Morgan fingerprint density at radius 1 is 1.00 bits per heavy atom. The Hall–Kier alpha value is -2.20. The fraction of sp³-hybridized carbons (Fsp3) is 0.294. The normalized spacial score (nSPS) is 10.4. The molecule has 0 aromatic heterocycles. The van der Waals surface area contributed by atoms with E-state index in [1.54, 1.807) is 0 Å². The number of rotatable bonds is 7. The zero-order valence-electron chi connectivity index (χ0n) is 12.2. The van der Waals surface area contributed by atoms with Crippen LogP contribution in [0.2, 0.25) is 0 Å². The number of hydrogen-bond acceptors (Lipinski definition) is 4. The molecule has 0 amide bonds. The quantitative estimate of drug-likeness (QED) is 0.766. The van der Waals surface area contributed by atoms with E-state index in [0.29, 0.717) is 36.0 Å². The molecule has 21 heavy (non-hydrogen) atoms. The van der Waals surface area contributed by atoms with Crippen molar-refractivity contribution < 1.29 is 14.6 Å². The third-order valence-corrected chi connectivity index (χ3v) is 3.06. The van der Waals surface area contributed by atoms with Gasteiger partial charge in [-0.3, -0.25) is 0 Å². The van der Waals surface area contributed by atoms with Crippen molar-refractivity contribution in [2.24, 2.45) is 0 Å². The highest BCUT2D eigenvalue weighted by molar-refractivity contribution is 5.63. The highest BCUT2D eigenvalue weighted by Crippen LogP contribution is 2.35. The monoisotopic (exact) mass is 287 g/mol. The van der Waals surface area contributed by atoms with E-state index in [0.717, 1.165) is 12.0 Å². The van der Waals surface area contributed by atoms with Crippen LogP contribution in [0.15, 0.2) is 42.5 Å². The Morgan fingerprint density at radius 3 is 2.48 bits per heavy atom. The Balaban J connectivity index is 2.23. The molecule has 2 aromatic carbocycles. The fourth-order valence-corrected chi connectivity index (χ4v) is 2.00. The second kappa shape index (κ2) is 7.55. The number of anilines is 1. The summed E-state index contributed by atoms with van der Waals surface area (Å²) in [4.78, 5) is 0. The van der Waals surface area contributed by atoms with E-state index >= 15 is 0 Å². The van der Waals surface area contributed by atoms with Gasteiger partial charge < -0.3 is 20.3 Å². The van der Waals surface area contributed by atoms with Crippen LogP contribution in [0, 0.1) is 0 Å². The predicted molar refractivity (Wildman–Crippen MR) is 83.9 cm³/mol. The van der Waals surface area contributed by atoms with Gasteiger partial charge >= 0.3 is 0 Å². The van der Waals surface area contributed by atoms with E-state index in [1.807, 2.05) is 49.4 Å². The van der Waals surface area contributed by atoms with Crippen molar-refractivity contribution in [2.45, 2.75) is 19.8 Å². The van der Waals surface area contributed by atoms with E-state index in [4.69, 9.17) is 20.3 Å². The molecule has 0 unspecified atom stereocenters. The van der Waals surface area contributed by atoms with Gasteiger partial charge in [-0.2, -0.15) is 0 Å². The average Bonchev–Trinajstić information content (AvgIpc) is 2.50. The summed E-state index contributed by atoms with van der Waals surface area (Å²) < 4.78 is 11.5. The van der Waals surface area contributed by atoms with Gasteiger partial charge in [0.05, 0.1) is 6.61 Å². The molecule has 0 atom stereocenters. The third-order valence-electron chi connectivity index (χ3n) is 3.06. The van der Waals surface area contributed by atoms with E-state index < -0.39 is 0 Å². The SMILES string of the molecule is CCCOc1cccc(Oc2ccccc2CCO)c1N. The molecule has 0 fully saturated rings. The summed E-state index contributed by atoms with van der Waals surface area (Å²) in [6.45, 7) is 2.74. The first-order chi connectivity index (χ1) is 10.3. The minimum atomic E-state index is 0.0789. The maximum absolute atomic E-state index is 9.11. The van der Waals surface area contributed by atoms with Crippen LogP contribution in [0.3, 0.4) is 0 Å². The topological polar surface area (TPSA) is 64.7 Å². The van der Waals surface area contributed by atoms with Gasteiger partial charge in [0.1, 0.15) is 17.2 Å². The van der Waals surface area contributed by atoms with Crippen molar-refractivity contribution in [1.82, 2.24) is 0 Å². The van der Waals surface area contributed by atoms with Crippen LogP contribution in [0.25, 0.3) is 0 Å². The Bertz CT molecular complexity index is 584. The van der Waals surface area contributed by atoms with Gasteiger partial charge in [0.2, 0.25) is 0 Å². The first kappa shape index (κ1) is 15.2. The van der Waals surface area contributed by atoms with Crippen LogP contribution >= 0.6 is 0 Å². The number of hydrogen-bond donors (Lipinski definition) is 2. The molecule has 0 aliphatic carbocycles. The summed E-state index contributed by atoms with van der Waals surface area (Å²) in [6, 6.07) is 13.1. The molecule has 0 spiro atoms. The van der Waals surface area contributed by atoms with E-state index in [9.17, 15) is 0 Å². The smallest absolute Gasteiger partial charge is 0.154 e. The molecule has 112 valence electrons. The standard InChI is InChI=1S/C17H21NO3/c1-2-12-20-15-8-5-9-16(17(15)18)21-14-7-4-3-6-13(14)10-11-19/h3-9,19H,2,10-12,18H2,1H3. The maximum atomic E-state index is 9.11. The van der Waals surface area contributed by atoms with E-state index in [-0.39, 0.29) is 6.61 Å². The Morgan fingerprint density at radius 2 is 1.71 bits per heavy atom. The lowest BCUT2D eigenvalue weighted by molar-refractivity contribution is 0.297. The molecule has 2 rings (SSSR count). The fourth-order valence-electron chi connectivity index (χ4n) is 2.00. The van der Waals surface area contributed by atoms with E-state index in [1.165, 1.54) is 0 Å². The van der Waals surface area contributed by atoms with Crippen LogP contribution in [-0.4, -0.2) is 18.3 Å². The van der Waals surface area contributed by atoms with E-state index in [2.05, 4.69) is 0 Å². The van der Waals surface area contributed by atoms with Gasteiger partial charge in [0.25, 0.3) is 0 Å². The van der Waals surface area contributed by atoms with Crippen molar-refractivity contribution in [2.75, 3.05) is 18.9 Å². The number of aliphatic hydroxyl groups excluding tert-OH is 1. The maximum Gasteiger partial charge on any atom is 0.154 e. The molecule has 0 aliphatic rings. The van der Waals surface area contributed by atoms with Crippen LogP contribution in [0.4, 0.5) is 5.69 Å². The molecule has 0 heterocycles. The van der Waals surface area contributed by atoms with Gasteiger partial charge in [0, 0.05) is 6.61 Å². The van der Waals surface area contributed by atoms with Crippen LogP contribution in [0.1, 0.15) is 18.9 Å². The second-order valence-electron chi connectivity index (χ2n) is 4.70. The molecule has 0 aliphatic heterocycles. The van der Waals surface area contributed by atoms with Gasteiger partial charge in [-0.25, -0.2) is 0 Å². The summed E-state index contributed by atoms with van der Waals surface area (Å²) in [5.41, 5.74) is 7.53. The minimum absolute atomic E-state index is 0.0789. The molecule has 0 radical (unpaired) electrons. The number of benzene rings is 2. The Labute approximate surface area is 125 Å². The van der Waals surface area contributed by atoms with Gasteiger partial charge in [-0.15, -0.1) is 0 Å².